The highest BCUT2D eigenvalue weighted by molar-refractivity contribution is 7.11. The van der Waals surface area contributed by atoms with Crippen LogP contribution in [-0.2, 0) is 4.79 Å². The van der Waals surface area contributed by atoms with Crippen LogP contribution in [0, 0.1) is 6.92 Å². The number of urea groups is 1. The van der Waals surface area contributed by atoms with Crippen molar-refractivity contribution in [3.8, 4) is 0 Å². The number of carbonyl (C=O) groups excluding carboxylic acids is 1. The number of aromatic nitrogens is 1. The normalized spacial score (nSPS) is 13.7. The molecule has 1 rings (SSSR count). The largest absolute Gasteiger partial charge is 0.481 e. The summed E-state index contributed by atoms with van der Waals surface area (Å²) >= 11 is 1.52. The summed E-state index contributed by atoms with van der Waals surface area (Å²) in [7, 11) is 0. The van der Waals surface area contributed by atoms with Gasteiger partial charge in [0.2, 0.25) is 0 Å². The lowest BCUT2D eigenvalue weighted by Gasteiger charge is -2.15. The van der Waals surface area contributed by atoms with E-state index in [9.17, 15) is 9.59 Å². The third-order valence-corrected chi connectivity index (χ3v) is 3.31. The third-order valence-electron chi connectivity index (χ3n) is 2.22. The first-order valence-electron chi connectivity index (χ1n) is 5.59. The average molecular weight is 271 g/mol. The van der Waals surface area contributed by atoms with Gasteiger partial charge in [-0.3, -0.25) is 4.79 Å². The molecule has 0 aliphatic heterocycles. The fraction of sp³-hybridized carbons (Fsp3) is 0.545. The summed E-state index contributed by atoms with van der Waals surface area (Å²) in [6.07, 6.45) is 1.65. The number of carboxylic acids is 1. The van der Waals surface area contributed by atoms with Gasteiger partial charge < -0.3 is 15.7 Å². The highest BCUT2D eigenvalue weighted by atomic mass is 32.1. The van der Waals surface area contributed by atoms with E-state index in [1.165, 1.54) is 11.3 Å². The second kappa shape index (κ2) is 6.34. The van der Waals surface area contributed by atoms with Crippen molar-refractivity contribution in [3.05, 3.63) is 16.1 Å². The highest BCUT2D eigenvalue weighted by Crippen LogP contribution is 2.18. The van der Waals surface area contributed by atoms with E-state index < -0.39 is 12.0 Å². The molecule has 0 aliphatic rings. The Labute approximate surface area is 109 Å². The molecule has 1 aromatic heterocycles. The van der Waals surface area contributed by atoms with E-state index >= 15 is 0 Å². The molecule has 0 fully saturated rings. The second-order valence-corrected chi connectivity index (χ2v) is 5.41. The quantitative estimate of drug-likeness (QED) is 0.759. The van der Waals surface area contributed by atoms with E-state index in [4.69, 9.17) is 5.11 Å². The van der Waals surface area contributed by atoms with Gasteiger partial charge in [-0.05, 0) is 20.8 Å². The molecule has 0 aromatic carbocycles. The molecule has 2 amide bonds. The van der Waals surface area contributed by atoms with Crippen molar-refractivity contribution in [3.63, 3.8) is 0 Å². The molecule has 1 heterocycles. The van der Waals surface area contributed by atoms with Crippen LogP contribution in [0.5, 0.6) is 0 Å². The van der Waals surface area contributed by atoms with Crippen LogP contribution in [0.3, 0.4) is 0 Å². The lowest BCUT2D eigenvalue weighted by molar-refractivity contribution is -0.137. The van der Waals surface area contributed by atoms with Crippen LogP contribution in [0.1, 0.15) is 36.2 Å². The Morgan fingerprint density at radius 3 is 2.61 bits per heavy atom. The van der Waals surface area contributed by atoms with Crippen molar-refractivity contribution in [2.75, 3.05) is 0 Å². The molecule has 0 bridgehead atoms. The Morgan fingerprint density at radius 1 is 1.44 bits per heavy atom. The summed E-state index contributed by atoms with van der Waals surface area (Å²) in [5.41, 5.74) is 0. The lowest BCUT2D eigenvalue weighted by atomic mass is 10.2. The van der Waals surface area contributed by atoms with Gasteiger partial charge in [-0.2, -0.15) is 0 Å². The predicted molar refractivity (Wildman–Crippen MR) is 68.6 cm³/mol. The van der Waals surface area contributed by atoms with E-state index in [1.54, 1.807) is 13.1 Å². The van der Waals surface area contributed by atoms with E-state index in [0.29, 0.717) is 0 Å². The van der Waals surface area contributed by atoms with Gasteiger partial charge in [0.1, 0.15) is 5.01 Å². The number of thiazole rings is 1. The zero-order valence-corrected chi connectivity index (χ0v) is 11.4. The van der Waals surface area contributed by atoms with Crippen molar-refractivity contribution in [2.24, 2.45) is 0 Å². The lowest BCUT2D eigenvalue weighted by Crippen LogP contribution is -2.42. The molecule has 0 aliphatic carbocycles. The molecular formula is C11H17N3O3S. The number of hydrogen-bond acceptors (Lipinski definition) is 4. The van der Waals surface area contributed by atoms with Crippen molar-refractivity contribution in [1.29, 1.82) is 0 Å². The third kappa shape index (κ3) is 4.70. The SMILES string of the molecule is Cc1cnc(C(C)NC(=O)NC(C)CC(=O)O)s1. The first-order chi connectivity index (χ1) is 8.38. The number of nitrogens with one attached hydrogen (secondary N) is 2. The van der Waals surface area contributed by atoms with E-state index in [-0.39, 0.29) is 18.5 Å². The summed E-state index contributed by atoms with van der Waals surface area (Å²) in [4.78, 5) is 27.3. The van der Waals surface area contributed by atoms with Gasteiger partial charge in [-0.15, -0.1) is 11.3 Å². The van der Waals surface area contributed by atoms with Crippen molar-refractivity contribution in [1.82, 2.24) is 15.6 Å². The molecule has 7 heteroatoms. The van der Waals surface area contributed by atoms with E-state index in [0.717, 1.165) is 9.88 Å². The maximum absolute atomic E-state index is 11.6. The minimum absolute atomic E-state index is 0.0990. The molecule has 0 saturated carbocycles. The highest BCUT2D eigenvalue weighted by Gasteiger charge is 2.15. The number of carbonyl (C=O) groups is 2. The molecular weight excluding hydrogens is 254 g/mol. The van der Waals surface area contributed by atoms with Gasteiger partial charge in [0.25, 0.3) is 0 Å². The first-order valence-corrected chi connectivity index (χ1v) is 6.41. The second-order valence-electron chi connectivity index (χ2n) is 4.15. The number of carboxylic acid groups (broad SMARTS) is 1. The Balaban J connectivity index is 2.42. The van der Waals surface area contributed by atoms with Crippen molar-refractivity contribution >= 4 is 23.3 Å². The molecule has 2 unspecified atom stereocenters. The summed E-state index contributed by atoms with van der Waals surface area (Å²) < 4.78 is 0. The molecule has 3 N–H and O–H groups in total. The maximum Gasteiger partial charge on any atom is 0.315 e. The standard InChI is InChI=1S/C11H17N3O3S/c1-6(4-9(15)16)13-11(17)14-8(3)10-12-5-7(2)18-10/h5-6,8H,4H2,1-3H3,(H,15,16)(H2,13,14,17). The summed E-state index contributed by atoms with van der Waals surface area (Å²) in [5, 5.41) is 14.7. The molecule has 100 valence electrons. The van der Waals surface area contributed by atoms with Crippen LogP contribution < -0.4 is 10.6 Å². The zero-order chi connectivity index (χ0) is 13.7. The van der Waals surface area contributed by atoms with Gasteiger partial charge in [0.15, 0.2) is 0 Å². The van der Waals surface area contributed by atoms with Crippen LogP contribution in [0.2, 0.25) is 0 Å². The number of nitrogens with zero attached hydrogens (tertiary/aromatic N) is 1. The van der Waals surface area contributed by atoms with Gasteiger partial charge in [0.05, 0.1) is 12.5 Å². The number of aliphatic carboxylic acids is 1. The Bertz CT molecular complexity index is 433. The van der Waals surface area contributed by atoms with Crippen LogP contribution >= 0.6 is 11.3 Å². The number of rotatable bonds is 5. The monoisotopic (exact) mass is 271 g/mol. The maximum atomic E-state index is 11.6. The fourth-order valence-corrected chi connectivity index (χ4v) is 2.19. The topological polar surface area (TPSA) is 91.3 Å². The summed E-state index contributed by atoms with van der Waals surface area (Å²) in [6.45, 7) is 5.43. The van der Waals surface area contributed by atoms with Crippen LogP contribution in [0.25, 0.3) is 0 Å². The average Bonchev–Trinajstić information content (AvgIpc) is 2.62. The van der Waals surface area contributed by atoms with Gasteiger partial charge >= 0.3 is 12.0 Å². The smallest absolute Gasteiger partial charge is 0.315 e. The van der Waals surface area contributed by atoms with E-state index in [1.807, 2.05) is 13.8 Å². The van der Waals surface area contributed by atoms with Gasteiger partial charge in [-0.25, -0.2) is 9.78 Å². The van der Waals surface area contributed by atoms with Gasteiger partial charge in [-0.1, -0.05) is 0 Å². The summed E-state index contributed by atoms with van der Waals surface area (Å²) in [5.74, 6) is -0.939. The molecule has 2 atom stereocenters. The number of hydrogen-bond donors (Lipinski definition) is 3. The van der Waals surface area contributed by atoms with Crippen LogP contribution in [0.15, 0.2) is 6.20 Å². The Morgan fingerprint density at radius 2 is 2.11 bits per heavy atom. The number of aryl methyl sites for hydroxylation is 1. The van der Waals surface area contributed by atoms with E-state index in [2.05, 4.69) is 15.6 Å². The Kier molecular flexibility index (Phi) is 5.08. The first kappa shape index (κ1) is 14.4. The molecule has 0 spiro atoms. The molecule has 1 aromatic rings. The van der Waals surface area contributed by atoms with Crippen LogP contribution in [-0.4, -0.2) is 28.1 Å². The summed E-state index contributed by atoms with van der Waals surface area (Å²) in [6, 6.07) is -0.988. The zero-order valence-electron chi connectivity index (χ0n) is 10.6. The number of amides is 2. The molecule has 0 saturated heterocycles. The molecule has 0 radical (unpaired) electrons. The van der Waals surface area contributed by atoms with Crippen LogP contribution in [0.4, 0.5) is 4.79 Å². The van der Waals surface area contributed by atoms with Crippen molar-refractivity contribution in [2.45, 2.75) is 39.3 Å². The Hall–Kier alpha value is -1.63. The fourth-order valence-electron chi connectivity index (χ4n) is 1.41. The molecule has 18 heavy (non-hydrogen) atoms. The minimum Gasteiger partial charge on any atom is -0.481 e. The van der Waals surface area contributed by atoms with Gasteiger partial charge in [0, 0.05) is 17.1 Å². The predicted octanol–water partition coefficient (Wildman–Crippen LogP) is 1.67. The minimum atomic E-state index is -0.939. The van der Waals surface area contributed by atoms with Crippen molar-refractivity contribution < 1.29 is 14.7 Å². The molecule has 6 nitrogen and oxygen atoms in total.